The van der Waals surface area contributed by atoms with Crippen LogP contribution in [0.1, 0.15) is 56.3 Å². The average Bonchev–Trinajstić information content (AvgIpc) is 2.82. The van der Waals surface area contributed by atoms with E-state index in [9.17, 15) is 18.0 Å². The van der Waals surface area contributed by atoms with Gasteiger partial charge in [0.05, 0.1) is 24.0 Å². The van der Waals surface area contributed by atoms with E-state index < -0.39 is 10.0 Å². The van der Waals surface area contributed by atoms with Crippen molar-refractivity contribution in [2.75, 3.05) is 44.8 Å². The van der Waals surface area contributed by atoms with Gasteiger partial charge in [0.25, 0.3) is 5.91 Å². The number of methoxy groups -OCH3 is 1. The number of hydrogen-bond donors (Lipinski definition) is 1. The summed E-state index contributed by atoms with van der Waals surface area (Å²) in [6.07, 6.45) is 5.95. The van der Waals surface area contributed by atoms with Crippen LogP contribution in [0.4, 0.5) is 5.69 Å². The molecule has 196 valence electrons. The van der Waals surface area contributed by atoms with E-state index in [1.165, 1.54) is 12.5 Å². The van der Waals surface area contributed by atoms with E-state index in [1.807, 2.05) is 18.7 Å². The first-order valence-electron chi connectivity index (χ1n) is 12.3. The number of rotatable bonds is 4. The molecule has 1 saturated carbocycles. The Morgan fingerprint density at radius 2 is 1.83 bits per heavy atom. The Kier molecular flexibility index (Phi) is 9.04. The lowest BCUT2D eigenvalue weighted by Gasteiger charge is -2.38. The molecule has 0 radical (unpaired) electrons. The van der Waals surface area contributed by atoms with Gasteiger partial charge in [0.2, 0.25) is 15.9 Å². The third-order valence-electron chi connectivity index (χ3n) is 6.99. The summed E-state index contributed by atoms with van der Waals surface area (Å²) in [6, 6.07) is 4.44. The number of amides is 2. The van der Waals surface area contributed by atoms with Crippen LogP contribution in [0.3, 0.4) is 0 Å². The zero-order chi connectivity index (χ0) is 25.8. The van der Waals surface area contributed by atoms with Gasteiger partial charge in [0.15, 0.2) is 0 Å². The summed E-state index contributed by atoms with van der Waals surface area (Å²) in [7, 11) is -0.211. The molecule has 1 fully saturated rings. The van der Waals surface area contributed by atoms with Gasteiger partial charge in [0.1, 0.15) is 12.4 Å². The lowest BCUT2D eigenvalue weighted by Crippen LogP contribution is -2.50. The molecule has 35 heavy (non-hydrogen) atoms. The maximum atomic E-state index is 13.6. The van der Waals surface area contributed by atoms with Crippen LogP contribution in [0.5, 0.6) is 5.75 Å². The van der Waals surface area contributed by atoms with Gasteiger partial charge in [0, 0.05) is 44.8 Å². The van der Waals surface area contributed by atoms with Crippen LogP contribution >= 0.6 is 0 Å². The molecule has 0 aromatic heterocycles. The summed E-state index contributed by atoms with van der Waals surface area (Å²) in [5.41, 5.74) is 0.532. The molecule has 9 nitrogen and oxygen atoms in total. The molecule has 3 atom stereocenters. The second-order valence-corrected chi connectivity index (χ2v) is 11.8. The zero-order valence-corrected chi connectivity index (χ0v) is 22.3. The maximum Gasteiger partial charge on any atom is 0.257 e. The van der Waals surface area contributed by atoms with E-state index in [0.29, 0.717) is 18.8 Å². The minimum absolute atomic E-state index is 0.0117. The molecule has 1 aliphatic heterocycles. The van der Waals surface area contributed by atoms with Gasteiger partial charge in [-0.1, -0.05) is 26.2 Å². The number of likely N-dealkylation sites (N-methyl/N-ethyl adjacent to an activating group) is 1. The second-order valence-electron chi connectivity index (χ2n) is 10.0. The van der Waals surface area contributed by atoms with E-state index >= 15 is 0 Å². The first-order chi connectivity index (χ1) is 16.5. The number of nitrogens with one attached hydrogen (secondary N) is 1. The van der Waals surface area contributed by atoms with Crippen LogP contribution in [0.25, 0.3) is 0 Å². The Morgan fingerprint density at radius 3 is 2.46 bits per heavy atom. The molecular formula is C25H39N3O6S. The van der Waals surface area contributed by atoms with E-state index in [-0.39, 0.29) is 53.7 Å². The van der Waals surface area contributed by atoms with Crippen LogP contribution in [0, 0.1) is 11.8 Å². The first kappa shape index (κ1) is 27.3. The van der Waals surface area contributed by atoms with Gasteiger partial charge in [-0.25, -0.2) is 8.42 Å². The summed E-state index contributed by atoms with van der Waals surface area (Å²) in [4.78, 5) is 30.4. The van der Waals surface area contributed by atoms with Gasteiger partial charge < -0.3 is 19.3 Å². The highest BCUT2D eigenvalue weighted by Crippen LogP contribution is 2.29. The molecule has 1 heterocycles. The van der Waals surface area contributed by atoms with E-state index in [1.54, 1.807) is 31.2 Å². The summed E-state index contributed by atoms with van der Waals surface area (Å²) >= 11 is 0. The number of sulfonamides is 1. The fourth-order valence-corrected chi connectivity index (χ4v) is 5.50. The molecule has 0 spiro atoms. The van der Waals surface area contributed by atoms with Gasteiger partial charge >= 0.3 is 0 Å². The highest BCUT2D eigenvalue weighted by atomic mass is 32.2. The number of carbonyl (C=O) groups is 2. The Balaban J connectivity index is 1.95. The number of carbonyl (C=O) groups excluding carboxylic acids is 2. The fourth-order valence-electron chi connectivity index (χ4n) is 4.95. The highest BCUT2D eigenvalue weighted by Gasteiger charge is 2.33. The van der Waals surface area contributed by atoms with Crippen LogP contribution in [-0.2, 0) is 19.6 Å². The Morgan fingerprint density at radius 1 is 1.14 bits per heavy atom. The standard InChI is InChI=1S/C25H39N3O6S/c1-17-14-28(24(29)19-9-7-6-8-10-19)18(2)16-34-22-12-11-20(26-35(5,31)32)13-21(22)25(30)27(3)15-23(17)33-4/h11-13,17-19,23,26H,6-10,14-16H2,1-5H3/t17-,18-,23-/m0/s1. The molecular weight excluding hydrogens is 470 g/mol. The zero-order valence-electron chi connectivity index (χ0n) is 21.5. The summed E-state index contributed by atoms with van der Waals surface area (Å²) in [5.74, 6) is 0.239. The van der Waals surface area contributed by atoms with Gasteiger partial charge in [-0.15, -0.1) is 0 Å². The summed E-state index contributed by atoms with van der Waals surface area (Å²) in [6.45, 7) is 5.05. The van der Waals surface area contributed by atoms with Gasteiger partial charge in [-0.3, -0.25) is 14.3 Å². The molecule has 2 aliphatic rings. The Hall–Kier alpha value is -2.33. The first-order valence-corrected chi connectivity index (χ1v) is 14.2. The van der Waals surface area contributed by atoms with Crippen molar-refractivity contribution >= 4 is 27.5 Å². The van der Waals surface area contributed by atoms with Crippen molar-refractivity contribution in [2.24, 2.45) is 11.8 Å². The van der Waals surface area contributed by atoms with Gasteiger partial charge in [-0.05, 0) is 38.0 Å². The number of anilines is 1. The van der Waals surface area contributed by atoms with Crippen LogP contribution in [0.15, 0.2) is 18.2 Å². The third kappa shape index (κ3) is 7.10. The number of benzene rings is 1. The monoisotopic (exact) mass is 509 g/mol. The molecule has 2 amide bonds. The molecule has 1 aromatic rings. The van der Waals surface area contributed by atoms with Crippen molar-refractivity contribution in [3.05, 3.63) is 23.8 Å². The molecule has 0 bridgehead atoms. The summed E-state index contributed by atoms with van der Waals surface area (Å²) < 4.78 is 37.7. The molecule has 1 N–H and O–H groups in total. The minimum atomic E-state index is -3.51. The second kappa shape index (κ2) is 11.6. The smallest absolute Gasteiger partial charge is 0.257 e. The predicted octanol–water partition coefficient (Wildman–Crippen LogP) is 2.97. The van der Waals surface area contributed by atoms with Gasteiger partial charge in [-0.2, -0.15) is 0 Å². The SMILES string of the molecule is CO[C@H]1CN(C)C(=O)c2cc(NS(C)(=O)=O)ccc2OC[C@H](C)N(C(=O)C2CCCCC2)C[C@@H]1C. The van der Waals surface area contributed by atoms with Crippen LogP contribution in [-0.4, -0.2) is 82.3 Å². The molecule has 10 heteroatoms. The molecule has 1 aliphatic carbocycles. The third-order valence-corrected chi connectivity index (χ3v) is 7.59. The maximum absolute atomic E-state index is 13.6. The molecule has 0 saturated heterocycles. The van der Waals surface area contributed by atoms with Crippen molar-refractivity contribution < 1.29 is 27.5 Å². The van der Waals surface area contributed by atoms with E-state index in [4.69, 9.17) is 9.47 Å². The van der Waals surface area contributed by atoms with Crippen LogP contribution in [0.2, 0.25) is 0 Å². The number of ether oxygens (including phenoxy) is 2. The molecule has 1 aromatic carbocycles. The lowest BCUT2D eigenvalue weighted by atomic mass is 9.87. The normalized spacial score (nSPS) is 25.2. The highest BCUT2D eigenvalue weighted by molar-refractivity contribution is 7.92. The minimum Gasteiger partial charge on any atom is -0.491 e. The topological polar surface area (TPSA) is 105 Å². The van der Waals surface area contributed by atoms with Crippen molar-refractivity contribution in [1.82, 2.24) is 9.80 Å². The van der Waals surface area contributed by atoms with E-state index in [2.05, 4.69) is 4.72 Å². The summed E-state index contributed by atoms with van der Waals surface area (Å²) in [5, 5.41) is 0. The van der Waals surface area contributed by atoms with E-state index in [0.717, 1.165) is 31.9 Å². The fraction of sp³-hybridized carbons (Fsp3) is 0.680. The number of fused-ring (bicyclic) bond motifs is 1. The van der Waals surface area contributed by atoms with Crippen molar-refractivity contribution in [2.45, 2.75) is 58.1 Å². The average molecular weight is 510 g/mol. The van der Waals surface area contributed by atoms with Crippen molar-refractivity contribution in [1.29, 1.82) is 0 Å². The van der Waals surface area contributed by atoms with Crippen molar-refractivity contribution in [3.8, 4) is 5.75 Å². The van der Waals surface area contributed by atoms with Crippen molar-refractivity contribution in [3.63, 3.8) is 0 Å². The quantitative estimate of drug-likeness (QED) is 0.669. The molecule has 3 rings (SSSR count). The Labute approximate surface area is 209 Å². The Bertz CT molecular complexity index is 1010. The lowest BCUT2D eigenvalue weighted by molar-refractivity contribution is -0.141. The largest absolute Gasteiger partial charge is 0.491 e. The number of nitrogens with zero attached hydrogens (tertiary/aromatic N) is 2. The molecule has 0 unspecified atom stereocenters. The predicted molar refractivity (Wildman–Crippen MR) is 135 cm³/mol. The number of hydrogen-bond acceptors (Lipinski definition) is 6. The van der Waals surface area contributed by atoms with Crippen LogP contribution < -0.4 is 9.46 Å².